The van der Waals surface area contributed by atoms with Crippen molar-refractivity contribution in [2.45, 2.75) is 25.4 Å². The second-order valence-corrected chi connectivity index (χ2v) is 2.28. The van der Waals surface area contributed by atoms with Gasteiger partial charge in [-0.15, -0.1) is 0 Å². The molecule has 1 unspecified atom stereocenters. The van der Waals surface area contributed by atoms with Gasteiger partial charge in [-0.25, -0.2) is 0 Å². The van der Waals surface area contributed by atoms with Crippen molar-refractivity contribution in [3.05, 3.63) is 0 Å². The third-order valence-corrected chi connectivity index (χ3v) is 1.23. The van der Waals surface area contributed by atoms with E-state index in [2.05, 4.69) is 0 Å². The van der Waals surface area contributed by atoms with Gasteiger partial charge >= 0.3 is 0 Å². The fourth-order valence-electron chi connectivity index (χ4n) is 0.612. The summed E-state index contributed by atoms with van der Waals surface area (Å²) < 4.78 is 0. The lowest BCUT2D eigenvalue weighted by atomic mass is 10.1. The molecule has 0 spiro atoms. The summed E-state index contributed by atoms with van der Waals surface area (Å²) in [5.74, 6) is -1.21. The lowest BCUT2D eigenvalue weighted by Gasteiger charge is -2.03. The van der Waals surface area contributed by atoms with Crippen LogP contribution in [0.2, 0.25) is 0 Å². The van der Waals surface area contributed by atoms with Crippen LogP contribution in [0.4, 0.5) is 0 Å². The van der Waals surface area contributed by atoms with E-state index in [9.17, 15) is 9.59 Å². The smallest absolute Gasteiger partial charge is 0.246 e. The quantitative estimate of drug-likeness (QED) is 0.455. The highest BCUT2D eigenvalue weighted by molar-refractivity contribution is 5.78. The summed E-state index contributed by atoms with van der Waals surface area (Å²) in [6.07, 6.45) is -0.406. The first-order chi connectivity index (χ1) is 5.04. The highest BCUT2D eigenvalue weighted by Gasteiger charge is 2.09. The number of hydrogen-bond donors (Lipinski definition) is 3. The third-order valence-electron chi connectivity index (χ3n) is 1.23. The number of carbonyl (C=O) groups is 2. The average Bonchev–Trinajstić information content (AvgIpc) is 1.86. The van der Waals surface area contributed by atoms with Crippen molar-refractivity contribution in [3.63, 3.8) is 0 Å². The molecule has 0 aliphatic rings. The van der Waals surface area contributed by atoms with Crippen molar-refractivity contribution in [2.75, 3.05) is 0 Å². The van der Waals surface area contributed by atoms with Gasteiger partial charge in [0.25, 0.3) is 0 Å². The summed E-state index contributed by atoms with van der Waals surface area (Å²) in [5, 5.41) is 8.81. The summed E-state index contributed by atoms with van der Waals surface area (Å²) in [4.78, 5) is 20.4. The van der Waals surface area contributed by atoms with Crippen molar-refractivity contribution in [1.82, 2.24) is 0 Å². The SMILES string of the molecule is NC(=O)CCCC(O)C(N)=O. The van der Waals surface area contributed by atoms with Crippen molar-refractivity contribution in [2.24, 2.45) is 11.5 Å². The molecule has 5 nitrogen and oxygen atoms in total. The molecule has 0 aliphatic heterocycles. The molecule has 0 aliphatic carbocycles. The summed E-state index contributed by atoms with van der Waals surface area (Å²) in [6, 6.07) is 0. The summed E-state index contributed by atoms with van der Waals surface area (Å²) >= 11 is 0. The maximum Gasteiger partial charge on any atom is 0.246 e. The van der Waals surface area contributed by atoms with Crippen LogP contribution in [0.3, 0.4) is 0 Å². The van der Waals surface area contributed by atoms with Crippen LogP contribution in [-0.4, -0.2) is 23.0 Å². The Morgan fingerprint density at radius 3 is 2.27 bits per heavy atom. The maximum absolute atomic E-state index is 10.2. The molecule has 0 fully saturated rings. The number of rotatable bonds is 5. The molecule has 0 rings (SSSR count). The van der Waals surface area contributed by atoms with Gasteiger partial charge in [0.2, 0.25) is 11.8 Å². The van der Waals surface area contributed by atoms with Gasteiger partial charge in [0.05, 0.1) is 0 Å². The van der Waals surface area contributed by atoms with Crippen LogP contribution in [0.1, 0.15) is 19.3 Å². The van der Waals surface area contributed by atoms with Crippen LogP contribution in [0, 0.1) is 0 Å². The van der Waals surface area contributed by atoms with E-state index >= 15 is 0 Å². The van der Waals surface area contributed by atoms with Crippen LogP contribution in [0.25, 0.3) is 0 Å². The van der Waals surface area contributed by atoms with Crippen LogP contribution >= 0.6 is 0 Å². The van der Waals surface area contributed by atoms with E-state index in [4.69, 9.17) is 16.6 Å². The molecule has 0 saturated heterocycles. The molecule has 0 radical (unpaired) electrons. The second-order valence-electron chi connectivity index (χ2n) is 2.28. The predicted octanol–water partition coefficient (Wildman–Crippen LogP) is -1.51. The van der Waals surface area contributed by atoms with E-state index in [0.29, 0.717) is 6.42 Å². The first-order valence-electron chi connectivity index (χ1n) is 3.29. The molecule has 64 valence electrons. The predicted molar refractivity (Wildman–Crippen MR) is 38.2 cm³/mol. The fourth-order valence-corrected chi connectivity index (χ4v) is 0.612. The first-order valence-corrected chi connectivity index (χ1v) is 3.29. The Hall–Kier alpha value is -1.10. The van der Waals surface area contributed by atoms with Crippen molar-refractivity contribution in [3.8, 4) is 0 Å². The number of nitrogens with two attached hydrogens (primary N) is 2. The van der Waals surface area contributed by atoms with E-state index in [-0.39, 0.29) is 12.8 Å². The lowest BCUT2D eigenvalue weighted by Crippen LogP contribution is -2.28. The Morgan fingerprint density at radius 2 is 1.91 bits per heavy atom. The van der Waals surface area contributed by atoms with E-state index in [1.807, 2.05) is 0 Å². The number of primary amides is 2. The number of carbonyl (C=O) groups excluding carboxylic acids is 2. The van der Waals surface area contributed by atoms with Crippen LogP contribution in [0.5, 0.6) is 0 Å². The van der Waals surface area contributed by atoms with Gasteiger partial charge in [-0.05, 0) is 12.8 Å². The normalized spacial score (nSPS) is 12.5. The average molecular weight is 160 g/mol. The fraction of sp³-hybridized carbons (Fsp3) is 0.667. The monoisotopic (exact) mass is 160 g/mol. The molecule has 0 aromatic heterocycles. The summed E-state index contributed by atoms with van der Waals surface area (Å²) in [5.41, 5.74) is 9.57. The highest BCUT2D eigenvalue weighted by atomic mass is 16.3. The maximum atomic E-state index is 10.2. The van der Waals surface area contributed by atoms with E-state index < -0.39 is 17.9 Å². The van der Waals surface area contributed by atoms with Crippen molar-refractivity contribution in [1.29, 1.82) is 0 Å². The van der Waals surface area contributed by atoms with Crippen LogP contribution in [0.15, 0.2) is 0 Å². The van der Waals surface area contributed by atoms with Gasteiger partial charge in [-0.3, -0.25) is 9.59 Å². The van der Waals surface area contributed by atoms with Crippen LogP contribution < -0.4 is 11.5 Å². The molecular formula is C6H12N2O3. The van der Waals surface area contributed by atoms with Gasteiger partial charge < -0.3 is 16.6 Å². The molecular weight excluding hydrogens is 148 g/mol. The molecule has 0 aromatic carbocycles. The first kappa shape index (κ1) is 9.90. The molecule has 1 atom stereocenters. The standard InChI is InChI=1S/C6H12N2O3/c7-5(10)3-1-2-4(9)6(8)11/h4,9H,1-3H2,(H2,7,10)(H2,8,11). The number of aliphatic hydroxyl groups is 1. The summed E-state index contributed by atoms with van der Waals surface area (Å²) in [7, 11) is 0. The van der Waals surface area contributed by atoms with Crippen molar-refractivity contribution < 1.29 is 14.7 Å². The molecule has 2 amide bonds. The molecule has 5 heteroatoms. The number of hydrogen-bond acceptors (Lipinski definition) is 3. The number of amides is 2. The Bertz CT molecular complexity index is 158. The topological polar surface area (TPSA) is 106 Å². The summed E-state index contributed by atoms with van der Waals surface area (Å²) in [6.45, 7) is 0. The lowest BCUT2D eigenvalue weighted by molar-refractivity contribution is -0.126. The second kappa shape index (κ2) is 4.68. The Morgan fingerprint density at radius 1 is 1.36 bits per heavy atom. The molecule has 0 saturated carbocycles. The van der Waals surface area contributed by atoms with Gasteiger partial charge in [0.1, 0.15) is 6.10 Å². The zero-order valence-electron chi connectivity index (χ0n) is 6.12. The van der Waals surface area contributed by atoms with E-state index in [1.165, 1.54) is 0 Å². The highest BCUT2D eigenvalue weighted by Crippen LogP contribution is 1.98. The third kappa shape index (κ3) is 5.35. The van der Waals surface area contributed by atoms with Gasteiger partial charge in [-0.2, -0.15) is 0 Å². The molecule has 0 aromatic rings. The van der Waals surface area contributed by atoms with Gasteiger partial charge in [0.15, 0.2) is 0 Å². The Kier molecular flexibility index (Phi) is 4.21. The zero-order chi connectivity index (χ0) is 8.85. The minimum absolute atomic E-state index is 0.171. The molecule has 0 heterocycles. The van der Waals surface area contributed by atoms with Gasteiger partial charge in [0, 0.05) is 6.42 Å². The number of aliphatic hydroxyl groups excluding tert-OH is 1. The Labute approximate surface area is 64.4 Å². The van der Waals surface area contributed by atoms with Crippen LogP contribution in [-0.2, 0) is 9.59 Å². The Balaban J connectivity index is 3.39. The van der Waals surface area contributed by atoms with E-state index in [0.717, 1.165) is 0 Å². The minimum atomic E-state index is -1.16. The molecule has 11 heavy (non-hydrogen) atoms. The largest absolute Gasteiger partial charge is 0.383 e. The van der Waals surface area contributed by atoms with Crippen molar-refractivity contribution >= 4 is 11.8 Å². The molecule has 0 bridgehead atoms. The van der Waals surface area contributed by atoms with E-state index in [1.54, 1.807) is 0 Å². The zero-order valence-corrected chi connectivity index (χ0v) is 6.12. The van der Waals surface area contributed by atoms with Gasteiger partial charge in [-0.1, -0.05) is 0 Å². The molecule has 5 N–H and O–H groups in total. The minimum Gasteiger partial charge on any atom is -0.383 e.